The Kier molecular flexibility index (Phi) is 4.62. The van der Waals surface area contributed by atoms with Crippen LogP contribution in [0.4, 0.5) is 18.3 Å². The van der Waals surface area contributed by atoms with Gasteiger partial charge < -0.3 is 10.2 Å². The number of piperidine rings is 1. The Bertz CT molecular complexity index is 401. The molecule has 1 saturated heterocycles. The Morgan fingerprint density at radius 2 is 1.95 bits per heavy atom. The zero-order chi connectivity index (χ0) is 13.9. The van der Waals surface area contributed by atoms with E-state index in [1.165, 1.54) is 19.3 Å². The van der Waals surface area contributed by atoms with E-state index in [0.29, 0.717) is 11.3 Å². The molecular weight excluding hydrogens is 277 g/mol. The van der Waals surface area contributed by atoms with Crippen LogP contribution in [0.15, 0.2) is 0 Å². The molecule has 8 heteroatoms. The maximum Gasteiger partial charge on any atom is 0.445 e. The molecule has 0 bridgehead atoms. The van der Waals surface area contributed by atoms with Crippen molar-refractivity contribution in [1.29, 1.82) is 0 Å². The minimum Gasteiger partial charge on any atom is -0.356 e. The van der Waals surface area contributed by atoms with E-state index >= 15 is 0 Å². The number of nitrogens with zero attached hydrogens (tertiary/aromatic N) is 3. The van der Waals surface area contributed by atoms with Gasteiger partial charge in [0, 0.05) is 12.6 Å². The first-order valence-corrected chi connectivity index (χ1v) is 7.16. The Morgan fingerprint density at radius 3 is 2.53 bits per heavy atom. The molecule has 0 saturated carbocycles. The van der Waals surface area contributed by atoms with Crippen molar-refractivity contribution >= 4 is 16.5 Å². The second kappa shape index (κ2) is 6.04. The fraction of sp³-hybridized carbons (Fsp3) is 0.818. The van der Waals surface area contributed by atoms with E-state index in [0.717, 1.165) is 19.6 Å². The third kappa shape index (κ3) is 4.31. The van der Waals surface area contributed by atoms with Gasteiger partial charge in [-0.15, -0.1) is 10.2 Å². The molecule has 1 atom stereocenters. The monoisotopic (exact) mass is 294 g/mol. The van der Waals surface area contributed by atoms with Crippen LogP contribution in [-0.4, -0.2) is 40.8 Å². The lowest BCUT2D eigenvalue weighted by atomic mass is 10.1. The predicted molar refractivity (Wildman–Crippen MR) is 68.3 cm³/mol. The van der Waals surface area contributed by atoms with Gasteiger partial charge in [-0.1, -0.05) is 17.8 Å². The summed E-state index contributed by atoms with van der Waals surface area (Å²) >= 11 is 0.553. The quantitative estimate of drug-likeness (QED) is 0.927. The molecule has 0 spiro atoms. The summed E-state index contributed by atoms with van der Waals surface area (Å²) in [5.41, 5.74) is 0. The topological polar surface area (TPSA) is 41.0 Å². The van der Waals surface area contributed by atoms with E-state index < -0.39 is 11.2 Å². The largest absolute Gasteiger partial charge is 0.445 e. The summed E-state index contributed by atoms with van der Waals surface area (Å²) in [6.07, 6.45) is -0.745. The Morgan fingerprint density at radius 1 is 1.26 bits per heavy atom. The summed E-state index contributed by atoms with van der Waals surface area (Å²) in [7, 11) is 0. The summed E-state index contributed by atoms with van der Waals surface area (Å²) in [4.78, 5) is 2.33. The molecule has 1 aliphatic rings. The lowest BCUT2D eigenvalue weighted by Gasteiger charge is -2.29. The van der Waals surface area contributed by atoms with Gasteiger partial charge in [0.25, 0.3) is 0 Å². The molecule has 19 heavy (non-hydrogen) atoms. The van der Waals surface area contributed by atoms with Crippen LogP contribution in [0.2, 0.25) is 0 Å². The number of likely N-dealkylation sites (tertiary alicyclic amines) is 1. The highest BCUT2D eigenvalue weighted by molar-refractivity contribution is 7.15. The van der Waals surface area contributed by atoms with E-state index in [-0.39, 0.29) is 11.2 Å². The van der Waals surface area contributed by atoms with E-state index in [9.17, 15) is 13.2 Å². The first-order valence-electron chi connectivity index (χ1n) is 6.35. The van der Waals surface area contributed by atoms with Gasteiger partial charge in [-0.25, -0.2) is 0 Å². The van der Waals surface area contributed by atoms with Crippen LogP contribution in [-0.2, 0) is 6.18 Å². The fourth-order valence-electron chi connectivity index (χ4n) is 2.18. The van der Waals surface area contributed by atoms with Crippen molar-refractivity contribution in [2.24, 2.45) is 0 Å². The van der Waals surface area contributed by atoms with Crippen molar-refractivity contribution in [2.45, 2.75) is 38.4 Å². The van der Waals surface area contributed by atoms with Crippen LogP contribution in [0.5, 0.6) is 0 Å². The predicted octanol–water partition coefficient (Wildman–Crippen LogP) is 2.84. The Labute approximate surface area is 114 Å². The maximum atomic E-state index is 12.4. The van der Waals surface area contributed by atoms with E-state index in [1.54, 1.807) is 0 Å². The summed E-state index contributed by atoms with van der Waals surface area (Å²) in [6.45, 7) is 4.90. The van der Waals surface area contributed by atoms with Crippen LogP contribution in [0.3, 0.4) is 0 Å². The number of hydrogen-bond acceptors (Lipinski definition) is 5. The molecule has 0 aromatic carbocycles. The van der Waals surface area contributed by atoms with Crippen LogP contribution in [0.25, 0.3) is 0 Å². The standard InChI is InChI=1S/C11H17F3N4S/c1-8(7-18-5-3-2-4-6-18)15-10-17-16-9(19-10)11(12,13)14/h8H,2-7H2,1H3,(H,15,17). The van der Waals surface area contributed by atoms with Crippen LogP contribution >= 0.6 is 11.3 Å². The average Bonchev–Trinajstić information content (AvgIpc) is 2.78. The summed E-state index contributed by atoms with van der Waals surface area (Å²) < 4.78 is 37.1. The molecule has 2 rings (SSSR count). The van der Waals surface area contributed by atoms with Crippen LogP contribution in [0.1, 0.15) is 31.2 Å². The molecule has 2 heterocycles. The minimum absolute atomic E-state index is 0.0622. The van der Waals surface area contributed by atoms with Crippen molar-refractivity contribution in [1.82, 2.24) is 15.1 Å². The highest BCUT2D eigenvalue weighted by Gasteiger charge is 2.35. The van der Waals surface area contributed by atoms with Gasteiger partial charge in [-0.2, -0.15) is 13.2 Å². The normalized spacial score (nSPS) is 19.4. The maximum absolute atomic E-state index is 12.4. The number of hydrogen-bond donors (Lipinski definition) is 1. The van der Waals surface area contributed by atoms with E-state index in [4.69, 9.17) is 0 Å². The number of rotatable bonds is 4. The van der Waals surface area contributed by atoms with Crippen LogP contribution in [0, 0.1) is 0 Å². The van der Waals surface area contributed by atoms with Crippen molar-refractivity contribution < 1.29 is 13.2 Å². The number of aromatic nitrogens is 2. The molecule has 4 nitrogen and oxygen atoms in total. The van der Waals surface area contributed by atoms with Gasteiger partial charge in [0.1, 0.15) is 0 Å². The lowest BCUT2D eigenvalue weighted by Crippen LogP contribution is -2.38. The van der Waals surface area contributed by atoms with Gasteiger partial charge >= 0.3 is 6.18 Å². The molecule has 1 aromatic heterocycles. The molecule has 1 unspecified atom stereocenters. The first-order chi connectivity index (χ1) is 8.95. The number of halogens is 3. The molecule has 0 radical (unpaired) electrons. The van der Waals surface area contributed by atoms with Crippen molar-refractivity contribution in [2.75, 3.05) is 25.0 Å². The summed E-state index contributed by atoms with van der Waals surface area (Å²) in [5, 5.41) is 9.00. The number of alkyl halides is 3. The fourth-order valence-corrected chi connectivity index (χ4v) is 2.90. The molecule has 0 amide bonds. The van der Waals surface area contributed by atoms with Gasteiger partial charge in [-0.05, 0) is 32.9 Å². The number of anilines is 1. The first kappa shape index (κ1) is 14.5. The van der Waals surface area contributed by atoms with Gasteiger partial charge in [0.2, 0.25) is 10.1 Å². The highest BCUT2D eigenvalue weighted by Crippen LogP contribution is 2.33. The summed E-state index contributed by atoms with van der Waals surface area (Å²) in [5.74, 6) is 0. The summed E-state index contributed by atoms with van der Waals surface area (Å²) in [6, 6.07) is 0.0622. The van der Waals surface area contributed by atoms with Crippen molar-refractivity contribution in [3.63, 3.8) is 0 Å². The van der Waals surface area contributed by atoms with E-state index in [2.05, 4.69) is 20.4 Å². The SMILES string of the molecule is CC(CN1CCCCC1)Nc1nnc(C(F)(F)F)s1. The molecule has 0 aliphatic carbocycles. The van der Waals surface area contributed by atoms with Crippen molar-refractivity contribution in [3.8, 4) is 0 Å². The second-order valence-corrected chi connectivity index (χ2v) is 5.79. The molecular formula is C11H17F3N4S. The molecule has 108 valence electrons. The smallest absolute Gasteiger partial charge is 0.356 e. The molecule has 1 N–H and O–H groups in total. The van der Waals surface area contributed by atoms with Gasteiger partial charge in [-0.3, -0.25) is 0 Å². The zero-order valence-electron chi connectivity index (χ0n) is 10.7. The van der Waals surface area contributed by atoms with Crippen LogP contribution < -0.4 is 5.32 Å². The van der Waals surface area contributed by atoms with Gasteiger partial charge in [0.05, 0.1) is 0 Å². The van der Waals surface area contributed by atoms with Crippen molar-refractivity contribution in [3.05, 3.63) is 5.01 Å². The Hall–Kier alpha value is -0.890. The zero-order valence-corrected chi connectivity index (χ0v) is 11.5. The van der Waals surface area contributed by atoms with Gasteiger partial charge in [0.15, 0.2) is 0 Å². The Balaban J connectivity index is 1.84. The van der Waals surface area contributed by atoms with E-state index in [1.807, 2.05) is 6.92 Å². The average molecular weight is 294 g/mol. The molecule has 1 fully saturated rings. The minimum atomic E-state index is -4.41. The lowest BCUT2D eigenvalue weighted by molar-refractivity contribution is -0.138. The highest BCUT2D eigenvalue weighted by atomic mass is 32.1. The number of nitrogens with one attached hydrogen (secondary N) is 1. The molecule has 1 aromatic rings. The third-order valence-corrected chi connectivity index (χ3v) is 3.92. The third-order valence-electron chi connectivity index (χ3n) is 3.02. The second-order valence-electron chi connectivity index (χ2n) is 4.82. The molecule has 1 aliphatic heterocycles.